The summed E-state index contributed by atoms with van der Waals surface area (Å²) in [4.78, 5) is 49.7. The molecule has 0 saturated carbocycles. The lowest BCUT2D eigenvalue weighted by molar-refractivity contribution is -0.137. The molecule has 0 spiro atoms. The largest absolute Gasteiger partial charge is 0.504 e. The Labute approximate surface area is 176 Å². The maximum absolute atomic E-state index is 12.9. The van der Waals surface area contributed by atoms with Gasteiger partial charge in [-0.3, -0.25) is 14.4 Å². The normalized spacial score (nSPS) is 10.4. The number of esters is 3. The molecule has 1 aromatic rings. The highest BCUT2D eigenvalue weighted by molar-refractivity contribution is 6.10. The molecular weight excluding hydrogens is 392 g/mol. The van der Waals surface area contributed by atoms with Crippen LogP contribution in [-0.4, -0.2) is 35.4 Å². The minimum atomic E-state index is -0.842. The van der Waals surface area contributed by atoms with Gasteiger partial charge in [0.15, 0.2) is 17.3 Å². The Hall–Kier alpha value is -2.90. The summed E-state index contributed by atoms with van der Waals surface area (Å²) in [6.07, 6.45) is 2.15. The lowest BCUT2D eigenvalue weighted by atomic mass is 9.98. The lowest BCUT2D eigenvalue weighted by Crippen LogP contribution is -2.19. The average molecular weight is 422 g/mol. The van der Waals surface area contributed by atoms with Crippen molar-refractivity contribution in [2.75, 3.05) is 6.61 Å². The van der Waals surface area contributed by atoms with Gasteiger partial charge < -0.3 is 19.3 Å². The van der Waals surface area contributed by atoms with Crippen molar-refractivity contribution in [2.24, 2.45) is 0 Å². The molecule has 0 fully saturated rings. The Morgan fingerprint density at radius 1 is 0.800 bits per heavy atom. The maximum atomic E-state index is 12.9. The first-order valence-electron chi connectivity index (χ1n) is 10.3. The maximum Gasteiger partial charge on any atom is 0.339 e. The Morgan fingerprint density at radius 2 is 1.33 bits per heavy atom. The Balaban J connectivity index is 3.69. The monoisotopic (exact) mass is 422 g/mol. The van der Waals surface area contributed by atoms with E-state index >= 15 is 0 Å². The quantitative estimate of drug-likeness (QED) is 0.300. The zero-order valence-corrected chi connectivity index (χ0v) is 18.0. The Kier molecular flexibility index (Phi) is 10.6. The van der Waals surface area contributed by atoms with Crippen molar-refractivity contribution in [3.63, 3.8) is 0 Å². The summed E-state index contributed by atoms with van der Waals surface area (Å²) in [6.45, 7) is 7.23. The molecule has 0 amide bonds. The van der Waals surface area contributed by atoms with E-state index in [1.165, 1.54) is 0 Å². The zero-order chi connectivity index (χ0) is 22.7. The molecule has 1 rings (SSSR count). The van der Waals surface area contributed by atoms with E-state index in [-0.39, 0.29) is 37.0 Å². The van der Waals surface area contributed by atoms with Gasteiger partial charge in [-0.2, -0.15) is 0 Å². The van der Waals surface area contributed by atoms with Gasteiger partial charge in [0.05, 0.1) is 17.7 Å². The molecule has 0 atom stereocenters. The predicted molar refractivity (Wildman–Crippen MR) is 109 cm³/mol. The highest BCUT2D eigenvalue weighted by Crippen LogP contribution is 2.43. The van der Waals surface area contributed by atoms with E-state index in [2.05, 4.69) is 0 Å². The number of Topliss-reactive ketones (excluding diaryl/α,β-unsaturated/α-hetero) is 1. The van der Waals surface area contributed by atoms with Gasteiger partial charge in [-0.25, -0.2) is 4.79 Å². The summed E-state index contributed by atoms with van der Waals surface area (Å²) in [7, 11) is 0. The van der Waals surface area contributed by atoms with Crippen LogP contribution in [-0.2, 0) is 14.3 Å². The van der Waals surface area contributed by atoms with Crippen LogP contribution in [0.5, 0.6) is 17.2 Å². The van der Waals surface area contributed by atoms with Crippen LogP contribution < -0.4 is 9.47 Å². The highest BCUT2D eigenvalue weighted by Gasteiger charge is 2.31. The number of ketones is 1. The van der Waals surface area contributed by atoms with Crippen LogP contribution in [0.1, 0.15) is 93.4 Å². The number of hydrogen-bond acceptors (Lipinski definition) is 8. The number of carbonyl (C=O) groups is 4. The first-order chi connectivity index (χ1) is 14.3. The van der Waals surface area contributed by atoms with Crippen molar-refractivity contribution >= 4 is 23.7 Å². The molecule has 0 radical (unpaired) electrons. The van der Waals surface area contributed by atoms with Crippen LogP contribution in [0.3, 0.4) is 0 Å². The number of hydrogen-bond donors (Lipinski definition) is 1. The van der Waals surface area contributed by atoms with Crippen LogP contribution in [0.2, 0.25) is 0 Å². The van der Waals surface area contributed by atoms with Crippen molar-refractivity contribution < 1.29 is 38.5 Å². The molecule has 0 aliphatic heterocycles. The molecule has 0 saturated heterocycles. The third-order valence-corrected chi connectivity index (χ3v) is 3.97. The van der Waals surface area contributed by atoms with Crippen LogP contribution >= 0.6 is 0 Å². The topological polar surface area (TPSA) is 116 Å². The number of aromatic hydroxyl groups is 1. The fourth-order valence-electron chi connectivity index (χ4n) is 2.62. The standard InChI is InChI=1S/C22H30O8/c1-5-9-15(23)19-14(22(27)28-12-8-4)13-16(24)20(29-17(25)10-6-2)21(19)30-18(26)11-7-3/h13,24H,5-12H2,1-4H3. The molecule has 0 bridgehead atoms. The number of phenolic OH excluding ortho intramolecular Hbond substituents is 1. The van der Waals surface area contributed by atoms with Crippen LogP contribution in [0.4, 0.5) is 0 Å². The molecule has 0 aliphatic rings. The van der Waals surface area contributed by atoms with E-state index in [1.54, 1.807) is 20.8 Å². The number of ether oxygens (including phenoxy) is 3. The Bertz CT molecular complexity index is 782. The van der Waals surface area contributed by atoms with Gasteiger partial charge >= 0.3 is 17.9 Å². The molecular formula is C22H30O8. The minimum Gasteiger partial charge on any atom is -0.504 e. The van der Waals surface area contributed by atoms with Crippen molar-refractivity contribution in [3.8, 4) is 17.2 Å². The fourth-order valence-corrected chi connectivity index (χ4v) is 2.62. The summed E-state index contributed by atoms with van der Waals surface area (Å²) < 4.78 is 15.7. The zero-order valence-electron chi connectivity index (χ0n) is 18.0. The third kappa shape index (κ3) is 6.86. The molecule has 8 nitrogen and oxygen atoms in total. The molecule has 0 aromatic heterocycles. The van der Waals surface area contributed by atoms with Crippen LogP contribution in [0.15, 0.2) is 6.07 Å². The molecule has 1 aromatic carbocycles. The molecule has 8 heteroatoms. The first kappa shape index (κ1) is 25.1. The fraction of sp³-hybridized carbons (Fsp3) is 0.545. The minimum absolute atomic E-state index is 0.0367. The van der Waals surface area contributed by atoms with Gasteiger partial charge in [0.2, 0.25) is 5.75 Å². The van der Waals surface area contributed by atoms with E-state index in [9.17, 15) is 24.3 Å². The summed E-state index contributed by atoms with van der Waals surface area (Å²) in [5, 5.41) is 10.5. The molecule has 30 heavy (non-hydrogen) atoms. The van der Waals surface area contributed by atoms with Crippen molar-refractivity contribution in [1.29, 1.82) is 0 Å². The van der Waals surface area contributed by atoms with Gasteiger partial charge in [-0.15, -0.1) is 0 Å². The van der Waals surface area contributed by atoms with Gasteiger partial charge in [0, 0.05) is 19.3 Å². The second-order valence-electron chi connectivity index (χ2n) is 6.73. The van der Waals surface area contributed by atoms with Gasteiger partial charge in [0.25, 0.3) is 0 Å². The summed E-state index contributed by atoms with van der Waals surface area (Å²) in [5.41, 5.74) is -0.478. The summed E-state index contributed by atoms with van der Waals surface area (Å²) in [6, 6.07) is 1.01. The van der Waals surface area contributed by atoms with E-state index < -0.39 is 40.9 Å². The van der Waals surface area contributed by atoms with E-state index in [0.29, 0.717) is 25.7 Å². The molecule has 1 N–H and O–H groups in total. The predicted octanol–water partition coefficient (Wildman–Crippen LogP) is 4.35. The number of carbonyl (C=O) groups excluding carboxylic acids is 4. The van der Waals surface area contributed by atoms with Crippen molar-refractivity contribution in [3.05, 3.63) is 17.2 Å². The molecule has 0 heterocycles. The van der Waals surface area contributed by atoms with Crippen LogP contribution in [0.25, 0.3) is 0 Å². The van der Waals surface area contributed by atoms with E-state index in [1.807, 2.05) is 6.92 Å². The van der Waals surface area contributed by atoms with E-state index in [0.717, 1.165) is 6.07 Å². The second-order valence-corrected chi connectivity index (χ2v) is 6.73. The third-order valence-electron chi connectivity index (χ3n) is 3.97. The molecule has 166 valence electrons. The summed E-state index contributed by atoms with van der Waals surface area (Å²) in [5.74, 6) is -4.18. The Morgan fingerprint density at radius 3 is 1.83 bits per heavy atom. The van der Waals surface area contributed by atoms with E-state index in [4.69, 9.17) is 14.2 Å². The lowest BCUT2D eigenvalue weighted by Gasteiger charge is -2.18. The number of benzene rings is 1. The highest BCUT2D eigenvalue weighted by atomic mass is 16.6. The summed E-state index contributed by atoms with van der Waals surface area (Å²) >= 11 is 0. The van der Waals surface area contributed by atoms with Gasteiger partial charge in [-0.05, 0) is 31.7 Å². The molecule has 0 unspecified atom stereocenters. The first-order valence-corrected chi connectivity index (χ1v) is 10.3. The van der Waals surface area contributed by atoms with Crippen LogP contribution in [0, 0.1) is 0 Å². The van der Waals surface area contributed by atoms with Gasteiger partial charge in [0.1, 0.15) is 0 Å². The average Bonchev–Trinajstić information content (AvgIpc) is 2.68. The van der Waals surface area contributed by atoms with Crippen molar-refractivity contribution in [2.45, 2.75) is 72.6 Å². The second kappa shape index (κ2) is 12.6. The SMILES string of the molecule is CCCOC(=O)c1cc(O)c(OC(=O)CCC)c(OC(=O)CCC)c1C(=O)CCC. The smallest absolute Gasteiger partial charge is 0.339 e. The number of phenols is 1. The van der Waals surface area contributed by atoms with Crippen molar-refractivity contribution in [1.82, 2.24) is 0 Å². The molecule has 0 aliphatic carbocycles. The number of rotatable bonds is 12. The van der Waals surface area contributed by atoms with Gasteiger partial charge in [-0.1, -0.05) is 27.7 Å².